The van der Waals surface area contributed by atoms with E-state index in [0.717, 1.165) is 16.6 Å². The minimum absolute atomic E-state index is 0.00275. The summed E-state index contributed by atoms with van der Waals surface area (Å²) in [6.45, 7) is 10.8. The Hall–Kier alpha value is -3.20. The predicted octanol–water partition coefficient (Wildman–Crippen LogP) is 2.39. The number of methoxy groups -OCH3 is 1. The number of hydrogen-bond acceptors (Lipinski definition) is 5. The lowest BCUT2D eigenvalue weighted by molar-refractivity contribution is -0.123. The molecule has 2 aromatic heterocycles. The first-order valence-corrected chi connectivity index (χ1v) is 11.4. The van der Waals surface area contributed by atoms with Crippen molar-refractivity contribution in [3.8, 4) is 0 Å². The third-order valence-electron chi connectivity index (χ3n) is 5.46. The Kier molecular flexibility index (Phi) is 7.45. The average Bonchev–Trinajstić information content (AvgIpc) is 3.15. The molecule has 0 bridgehead atoms. The third kappa shape index (κ3) is 6.02. The van der Waals surface area contributed by atoms with Crippen molar-refractivity contribution in [2.24, 2.45) is 5.41 Å². The number of fused-ring (bicyclic) bond motifs is 1. The van der Waals surface area contributed by atoms with Gasteiger partial charge >= 0.3 is 5.69 Å². The molecule has 0 aliphatic carbocycles. The summed E-state index contributed by atoms with van der Waals surface area (Å²) in [4.78, 5) is 44.2. The van der Waals surface area contributed by atoms with Gasteiger partial charge in [0.2, 0.25) is 5.91 Å². The van der Waals surface area contributed by atoms with E-state index in [9.17, 15) is 14.4 Å². The van der Waals surface area contributed by atoms with Crippen LogP contribution in [-0.4, -0.2) is 43.8 Å². The zero-order valence-electron chi connectivity index (χ0n) is 20.9. The van der Waals surface area contributed by atoms with Crippen LogP contribution in [0.4, 0.5) is 0 Å². The summed E-state index contributed by atoms with van der Waals surface area (Å²) in [5.41, 5.74) is -0.147. The van der Waals surface area contributed by atoms with Crippen molar-refractivity contribution in [2.45, 2.75) is 66.2 Å². The molecule has 0 fully saturated rings. The number of benzene rings is 1. The Morgan fingerprint density at radius 1 is 1.06 bits per heavy atom. The summed E-state index contributed by atoms with van der Waals surface area (Å²) >= 11 is 0. The molecule has 34 heavy (non-hydrogen) atoms. The number of hydrogen-bond donors (Lipinski definition) is 1. The van der Waals surface area contributed by atoms with Gasteiger partial charge in [-0.05, 0) is 31.2 Å². The van der Waals surface area contributed by atoms with Crippen molar-refractivity contribution < 1.29 is 9.53 Å². The molecule has 0 radical (unpaired) electrons. The first-order chi connectivity index (χ1) is 15.9. The van der Waals surface area contributed by atoms with Crippen LogP contribution in [0.2, 0.25) is 0 Å². The van der Waals surface area contributed by atoms with Crippen molar-refractivity contribution >= 4 is 17.1 Å². The van der Waals surface area contributed by atoms with Crippen LogP contribution in [0.15, 0.2) is 46.2 Å². The van der Waals surface area contributed by atoms with Crippen molar-refractivity contribution in [3.63, 3.8) is 0 Å². The van der Waals surface area contributed by atoms with E-state index in [-0.39, 0.29) is 29.9 Å². The van der Waals surface area contributed by atoms with E-state index in [1.807, 2.05) is 44.2 Å². The Morgan fingerprint density at radius 3 is 2.35 bits per heavy atom. The second kappa shape index (κ2) is 9.97. The van der Waals surface area contributed by atoms with Gasteiger partial charge in [-0.25, -0.2) is 14.3 Å². The fourth-order valence-corrected chi connectivity index (χ4v) is 4.58. The van der Waals surface area contributed by atoms with Crippen molar-refractivity contribution in [2.75, 3.05) is 13.7 Å². The zero-order chi connectivity index (χ0) is 25.1. The summed E-state index contributed by atoms with van der Waals surface area (Å²) in [7, 11) is 1.58. The highest BCUT2D eigenvalue weighted by molar-refractivity contribution is 5.77. The maximum atomic E-state index is 13.4. The molecule has 0 saturated heterocycles. The molecule has 9 nitrogen and oxygen atoms in total. The molecular formula is C25H35N5O4. The highest BCUT2D eigenvalue weighted by Crippen LogP contribution is 2.26. The van der Waals surface area contributed by atoms with Gasteiger partial charge < -0.3 is 14.6 Å². The molecule has 0 aliphatic heterocycles. The van der Waals surface area contributed by atoms with Gasteiger partial charge in [-0.3, -0.25) is 14.2 Å². The van der Waals surface area contributed by atoms with Crippen LogP contribution in [-0.2, 0) is 29.2 Å². The number of nitrogens with one attached hydrogen (secondary N) is 1. The number of aromatic nitrogens is 4. The second-order valence-corrected chi connectivity index (χ2v) is 10.5. The molecule has 2 heterocycles. The van der Waals surface area contributed by atoms with E-state index in [0.29, 0.717) is 18.8 Å². The second-order valence-electron chi connectivity index (χ2n) is 10.5. The highest BCUT2D eigenvalue weighted by atomic mass is 16.5. The van der Waals surface area contributed by atoms with E-state index < -0.39 is 16.8 Å². The van der Waals surface area contributed by atoms with Crippen LogP contribution in [0.25, 0.3) is 11.2 Å². The number of ether oxygens (including phenoxy) is 1. The number of carbonyl (C=O) groups is 1. The smallest absolute Gasteiger partial charge is 0.333 e. The number of nitrogens with zero attached hydrogens (tertiary/aromatic N) is 4. The summed E-state index contributed by atoms with van der Waals surface area (Å²) in [6.07, 6.45) is 2.27. The van der Waals surface area contributed by atoms with E-state index in [1.54, 1.807) is 11.7 Å². The molecule has 0 saturated carbocycles. The van der Waals surface area contributed by atoms with Crippen molar-refractivity contribution in [3.05, 3.63) is 63.1 Å². The van der Waals surface area contributed by atoms with Gasteiger partial charge in [-0.2, -0.15) is 0 Å². The summed E-state index contributed by atoms with van der Waals surface area (Å²) in [6, 6.07) is 9.46. The van der Waals surface area contributed by atoms with Gasteiger partial charge in [0.15, 0.2) is 11.2 Å². The Bertz CT molecular complexity index is 1260. The molecule has 3 aromatic rings. The summed E-state index contributed by atoms with van der Waals surface area (Å²) in [5, 5.41) is 2.99. The maximum Gasteiger partial charge on any atom is 0.333 e. The molecule has 1 aromatic carbocycles. The monoisotopic (exact) mass is 469 g/mol. The van der Waals surface area contributed by atoms with Crippen LogP contribution in [0.5, 0.6) is 0 Å². The number of imidazole rings is 1. The molecule has 0 atom stereocenters. The Balaban J connectivity index is 2.05. The number of amides is 1. The lowest BCUT2D eigenvalue weighted by atomic mass is 9.82. The first-order valence-electron chi connectivity index (χ1n) is 11.4. The molecule has 0 spiro atoms. The quantitative estimate of drug-likeness (QED) is 0.519. The zero-order valence-corrected chi connectivity index (χ0v) is 20.9. The van der Waals surface area contributed by atoms with Crippen molar-refractivity contribution in [1.82, 2.24) is 24.0 Å². The van der Waals surface area contributed by atoms with Gasteiger partial charge in [-0.1, -0.05) is 51.1 Å². The number of rotatable bonds is 9. The maximum absolute atomic E-state index is 13.4. The fraction of sp³-hybridized carbons (Fsp3) is 0.520. The first kappa shape index (κ1) is 25.4. The fourth-order valence-electron chi connectivity index (χ4n) is 4.58. The lowest BCUT2D eigenvalue weighted by Crippen LogP contribution is -2.50. The van der Waals surface area contributed by atoms with Crippen LogP contribution in [0.3, 0.4) is 0 Å². The largest absolute Gasteiger partial charge is 0.383 e. The summed E-state index contributed by atoms with van der Waals surface area (Å²) in [5.74, 6) is -0.387. The Labute approximate surface area is 199 Å². The van der Waals surface area contributed by atoms with Crippen LogP contribution < -0.4 is 16.6 Å². The average molecular weight is 470 g/mol. The van der Waals surface area contributed by atoms with E-state index in [4.69, 9.17) is 4.74 Å². The third-order valence-corrected chi connectivity index (χ3v) is 5.46. The van der Waals surface area contributed by atoms with Gasteiger partial charge in [-0.15, -0.1) is 0 Å². The van der Waals surface area contributed by atoms with Crippen LogP contribution in [0, 0.1) is 5.41 Å². The molecule has 184 valence electrons. The lowest BCUT2D eigenvalue weighted by Gasteiger charge is -2.33. The van der Waals surface area contributed by atoms with Gasteiger partial charge in [0.05, 0.1) is 19.5 Å². The Morgan fingerprint density at radius 2 is 1.74 bits per heavy atom. The van der Waals surface area contributed by atoms with Crippen LogP contribution >= 0.6 is 0 Å². The predicted molar refractivity (Wildman–Crippen MR) is 132 cm³/mol. The minimum atomic E-state index is -0.567. The summed E-state index contributed by atoms with van der Waals surface area (Å²) < 4.78 is 9.27. The van der Waals surface area contributed by atoms with Crippen LogP contribution in [0.1, 0.15) is 46.6 Å². The molecule has 9 heteroatoms. The SMILES string of the molecule is COCCn1cnc2c1c(=O)n(CC(=O)NC(C)(C)CC(C)(C)C)c(=O)n2Cc1ccccc1. The molecule has 0 unspecified atom stereocenters. The van der Waals surface area contributed by atoms with Gasteiger partial charge in [0, 0.05) is 19.2 Å². The van der Waals surface area contributed by atoms with Crippen molar-refractivity contribution in [1.29, 1.82) is 0 Å². The molecule has 0 aliphatic rings. The molecular weight excluding hydrogens is 434 g/mol. The van der Waals surface area contributed by atoms with Gasteiger partial charge in [0.1, 0.15) is 6.54 Å². The number of carbonyl (C=O) groups excluding carboxylic acids is 1. The molecule has 3 rings (SSSR count). The molecule has 1 amide bonds. The minimum Gasteiger partial charge on any atom is -0.383 e. The normalized spacial score (nSPS) is 12.3. The highest BCUT2D eigenvalue weighted by Gasteiger charge is 2.28. The van der Waals surface area contributed by atoms with E-state index in [2.05, 4.69) is 31.1 Å². The van der Waals surface area contributed by atoms with E-state index >= 15 is 0 Å². The topological polar surface area (TPSA) is 100 Å². The van der Waals surface area contributed by atoms with Gasteiger partial charge in [0.25, 0.3) is 5.56 Å². The molecule has 1 N–H and O–H groups in total. The standard InChI is InChI=1S/C25H35N5O4/c1-24(2,3)16-25(4,5)27-19(31)15-30-22(32)20-21(26-17-28(20)12-13-34-6)29(23(30)33)14-18-10-8-7-9-11-18/h7-11,17H,12-16H2,1-6H3,(H,27,31). The van der Waals surface area contributed by atoms with E-state index in [1.165, 1.54) is 10.9 Å².